The van der Waals surface area contributed by atoms with Crippen LogP contribution in [0.2, 0.25) is 0 Å². The largest absolute Gasteiger partial charge is 0.461 e. The van der Waals surface area contributed by atoms with Crippen LogP contribution >= 0.6 is 0 Å². The fourth-order valence-electron chi connectivity index (χ4n) is 1.65. The molecule has 0 heterocycles. The first-order valence-corrected chi connectivity index (χ1v) is 13.0. The van der Waals surface area contributed by atoms with Gasteiger partial charge in [0.25, 0.3) is 0 Å². The summed E-state index contributed by atoms with van der Waals surface area (Å²) in [4.78, 5) is 21.8. The van der Waals surface area contributed by atoms with Gasteiger partial charge in [0.15, 0.2) is 19.7 Å². The normalized spacial score (nSPS) is 11.0. The summed E-state index contributed by atoms with van der Waals surface area (Å²) in [6, 6.07) is 0. The van der Waals surface area contributed by atoms with E-state index < -0.39 is 31.6 Å². The zero-order valence-corrected chi connectivity index (χ0v) is 19.5. The third-order valence-corrected chi connectivity index (χ3v) is 6.79. The standard InChI is InChI=1S/C10H18O4S.C9H16O4S/c1-4-5-7-15(12,13)8-6-14-10(11)9(2)3;1-4-6-14(11,12)7-5-13-9(10)8(2)3/h2,4-8H2,1,3H3;2,4-7H2,1,3H3. The van der Waals surface area contributed by atoms with Gasteiger partial charge in [0.2, 0.25) is 0 Å². The van der Waals surface area contributed by atoms with Crippen molar-refractivity contribution in [3.63, 3.8) is 0 Å². The van der Waals surface area contributed by atoms with Gasteiger partial charge in [0, 0.05) is 11.1 Å². The molecule has 0 bridgehead atoms. The van der Waals surface area contributed by atoms with Crippen molar-refractivity contribution in [1.29, 1.82) is 0 Å². The van der Waals surface area contributed by atoms with Crippen molar-refractivity contribution in [2.24, 2.45) is 0 Å². The van der Waals surface area contributed by atoms with E-state index in [1.807, 2.05) is 6.92 Å². The molecule has 0 radical (unpaired) electrons. The fourth-order valence-corrected chi connectivity index (χ4v) is 4.08. The maximum absolute atomic E-state index is 11.3. The Morgan fingerprint density at radius 3 is 1.38 bits per heavy atom. The molecular weight excluding hydrogens is 420 g/mol. The molecule has 0 saturated heterocycles. The lowest BCUT2D eigenvalue weighted by atomic mass is 10.4. The molecule has 0 aromatic carbocycles. The molecule has 8 nitrogen and oxygen atoms in total. The van der Waals surface area contributed by atoms with Crippen molar-refractivity contribution in [3.8, 4) is 0 Å². The lowest BCUT2D eigenvalue weighted by molar-refractivity contribution is -0.139. The predicted molar refractivity (Wildman–Crippen MR) is 114 cm³/mol. The smallest absolute Gasteiger partial charge is 0.333 e. The zero-order chi connectivity index (χ0) is 23.1. The van der Waals surface area contributed by atoms with Crippen LogP contribution in [0, 0.1) is 0 Å². The van der Waals surface area contributed by atoms with Crippen molar-refractivity contribution in [3.05, 3.63) is 24.3 Å². The molecule has 0 aromatic heterocycles. The van der Waals surface area contributed by atoms with Gasteiger partial charge in [-0.3, -0.25) is 0 Å². The van der Waals surface area contributed by atoms with E-state index in [4.69, 9.17) is 4.74 Å². The van der Waals surface area contributed by atoms with Gasteiger partial charge in [-0.25, -0.2) is 26.4 Å². The summed E-state index contributed by atoms with van der Waals surface area (Å²) in [5.41, 5.74) is 0.554. The number of rotatable bonds is 13. The number of carbonyl (C=O) groups is 2. The number of hydrogen-bond donors (Lipinski definition) is 0. The Labute approximate surface area is 175 Å². The van der Waals surface area contributed by atoms with Crippen LogP contribution in [0.1, 0.15) is 47.0 Å². The molecular formula is C19H34O8S2. The first-order valence-electron chi connectivity index (χ1n) is 9.34. The van der Waals surface area contributed by atoms with Gasteiger partial charge in [0.05, 0.1) is 23.0 Å². The summed E-state index contributed by atoms with van der Waals surface area (Å²) in [6.07, 6.45) is 2.07. The average Bonchev–Trinajstić information content (AvgIpc) is 2.59. The Bertz CT molecular complexity index is 749. The number of hydrogen-bond acceptors (Lipinski definition) is 8. The van der Waals surface area contributed by atoms with Crippen LogP contribution in [-0.4, -0.2) is 65.0 Å². The molecule has 0 saturated carbocycles. The van der Waals surface area contributed by atoms with Gasteiger partial charge >= 0.3 is 11.9 Å². The molecule has 0 aromatic rings. The van der Waals surface area contributed by atoms with E-state index in [-0.39, 0.29) is 47.4 Å². The zero-order valence-electron chi connectivity index (χ0n) is 17.9. The summed E-state index contributed by atoms with van der Waals surface area (Å²) in [5.74, 6) is -1.00. The Morgan fingerprint density at radius 2 is 1.07 bits per heavy atom. The van der Waals surface area contributed by atoms with E-state index >= 15 is 0 Å². The highest BCUT2D eigenvalue weighted by Gasteiger charge is 2.12. The molecule has 10 heteroatoms. The lowest BCUT2D eigenvalue weighted by Crippen LogP contribution is -2.18. The van der Waals surface area contributed by atoms with Crippen molar-refractivity contribution in [1.82, 2.24) is 0 Å². The second-order valence-corrected chi connectivity index (χ2v) is 11.1. The van der Waals surface area contributed by atoms with Crippen LogP contribution in [0.15, 0.2) is 24.3 Å². The molecule has 0 N–H and O–H groups in total. The Balaban J connectivity index is 0. The first kappa shape index (κ1) is 29.5. The average molecular weight is 455 g/mol. The predicted octanol–water partition coefficient (Wildman–Crippen LogP) is 2.25. The van der Waals surface area contributed by atoms with Crippen LogP contribution in [0.4, 0.5) is 0 Å². The quantitative estimate of drug-likeness (QED) is 0.307. The Hall–Kier alpha value is -1.68. The minimum absolute atomic E-state index is 0.0856. The van der Waals surface area contributed by atoms with Gasteiger partial charge in [0.1, 0.15) is 13.2 Å². The van der Waals surface area contributed by atoms with Crippen LogP contribution in [-0.2, 0) is 38.7 Å². The topological polar surface area (TPSA) is 121 Å². The number of esters is 2. The van der Waals surface area contributed by atoms with E-state index in [1.165, 1.54) is 13.8 Å². The minimum Gasteiger partial charge on any atom is -0.461 e. The van der Waals surface area contributed by atoms with E-state index in [9.17, 15) is 26.4 Å². The maximum atomic E-state index is 11.3. The van der Waals surface area contributed by atoms with Crippen LogP contribution in [0.3, 0.4) is 0 Å². The molecule has 0 spiro atoms. The van der Waals surface area contributed by atoms with Crippen LogP contribution in [0.25, 0.3) is 0 Å². The third-order valence-electron chi connectivity index (χ3n) is 3.28. The molecule has 0 aliphatic heterocycles. The van der Waals surface area contributed by atoms with E-state index in [0.717, 1.165) is 6.42 Å². The second-order valence-electron chi connectivity index (χ2n) is 6.49. The molecule has 29 heavy (non-hydrogen) atoms. The van der Waals surface area contributed by atoms with Crippen LogP contribution < -0.4 is 0 Å². The molecule has 0 atom stereocenters. The van der Waals surface area contributed by atoms with Gasteiger partial charge in [-0.05, 0) is 26.7 Å². The highest BCUT2D eigenvalue weighted by molar-refractivity contribution is 7.91. The minimum atomic E-state index is -3.07. The van der Waals surface area contributed by atoms with Crippen molar-refractivity contribution >= 4 is 31.6 Å². The molecule has 0 aliphatic rings. The van der Waals surface area contributed by atoms with E-state index in [1.54, 1.807) is 6.92 Å². The van der Waals surface area contributed by atoms with E-state index in [0.29, 0.717) is 12.8 Å². The van der Waals surface area contributed by atoms with Crippen molar-refractivity contribution in [2.75, 3.05) is 36.2 Å². The molecule has 0 rings (SSSR count). The van der Waals surface area contributed by atoms with Crippen molar-refractivity contribution in [2.45, 2.75) is 47.0 Å². The molecule has 0 fully saturated rings. The second kappa shape index (κ2) is 15.2. The third kappa shape index (κ3) is 18.1. The van der Waals surface area contributed by atoms with Gasteiger partial charge in [-0.1, -0.05) is 33.4 Å². The van der Waals surface area contributed by atoms with Crippen LogP contribution in [0.5, 0.6) is 0 Å². The number of ether oxygens (including phenoxy) is 2. The monoisotopic (exact) mass is 454 g/mol. The molecule has 0 aliphatic carbocycles. The highest BCUT2D eigenvalue weighted by Crippen LogP contribution is 1.99. The van der Waals surface area contributed by atoms with Gasteiger partial charge in [-0.2, -0.15) is 0 Å². The Kier molecular flexibility index (Phi) is 15.5. The lowest BCUT2D eigenvalue weighted by Gasteiger charge is -2.05. The van der Waals surface area contributed by atoms with Gasteiger partial charge < -0.3 is 9.47 Å². The fraction of sp³-hybridized carbons (Fsp3) is 0.684. The van der Waals surface area contributed by atoms with Gasteiger partial charge in [-0.15, -0.1) is 0 Å². The Morgan fingerprint density at radius 1 is 0.690 bits per heavy atom. The highest BCUT2D eigenvalue weighted by atomic mass is 32.2. The molecule has 0 unspecified atom stereocenters. The number of sulfone groups is 2. The summed E-state index contributed by atoms with van der Waals surface area (Å²) in [5, 5.41) is 0. The maximum Gasteiger partial charge on any atom is 0.333 e. The summed E-state index contributed by atoms with van der Waals surface area (Å²) in [6.45, 7) is 13.4. The van der Waals surface area contributed by atoms with E-state index in [2.05, 4.69) is 17.9 Å². The summed E-state index contributed by atoms with van der Waals surface area (Å²) >= 11 is 0. The number of unbranched alkanes of at least 4 members (excludes halogenated alkanes) is 1. The summed E-state index contributed by atoms with van der Waals surface area (Å²) in [7, 11) is -6.13. The SMILES string of the molecule is C=C(C)C(=O)OCCS(=O)(=O)CCC.C=C(C)C(=O)OCCS(=O)(=O)CCCC. The van der Waals surface area contributed by atoms with Crippen molar-refractivity contribution < 1.29 is 35.9 Å². The summed E-state index contributed by atoms with van der Waals surface area (Å²) < 4.78 is 54.4. The molecule has 0 amide bonds. The number of carbonyl (C=O) groups excluding carboxylic acids is 2. The molecule has 170 valence electrons. The first-order chi connectivity index (χ1) is 13.3.